The summed E-state index contributed by atoms with van der Waals surface area (Å²) in [6.45, 7) is 8.80. The highest BCUT2D eigenvalue weighted by Gasteiger charge is 2.28. The highest BCUT2D eigenvalue weighted by atomic mass is 14.4. The number of nitrogens with one attached hydrogen (secondary N) is 1. The van der Waals surface area contributed by atoms with Crippen molar-refractivity contribution in [1.82, 2.24) is 0 Å². The van der Waals surface area contributed by atoms with Gasteiger partial charge in [-0.25, -0.2) is 0 Å². The molecule has 0 saturated carbocycles. The Hall–Kier alpha value is -3.45. The van der Waals surface area contributed by atoms with Gasteiger partial charge in [0.1, 0.15) is 0 Å². The van der Waals surface area contributed by atoms with Crippen LogP contribution in [0.25, 0.3) is 28.0 Å². The molecule has 1 nitrogen and oxygen atoms in total. The van der Waals surface area contributed by atoms with Gasteiger partial charge in [-0.2, -0.15) is 0 Å². The molecule has 1 N–H and O–H groups in total. The van der Waals surface area contributed by atoms with Crippen molar-refractivity contribution in [2.45, 2.75) is 33.6 Å². The second-order valence-corrected chi connectivity index (χ2v) is 8.75. The van der Waals surface area contributed by atoms with Gasteiger partial charge in [0, 0.05) is 17.7 Å². The molecule has 1 aliphatic carbocycles. The van der Waals surface area contributed by atoms with Gasteiger partial charge in [0.25, 0.3) is 0 Å². The smallest absolute Gasteiger partial charge is 0.0312 e. The molecule has 0 fully saturated rings. The summed E-state index contributed by atoms with van der Waals surface area (Å²) in [6, 6.07) is 24.0. The molecule has 0 bridgehead atoms. The first kappa shape index (κ1) is 19.5. The first-order chi connectivity index (χ1) is 15.0. The second-order valence-electron chi connectivity index (χ2n) is 8.75. The zero-order chi connectivity index (χ0) is 21.7. The van der Waals surface area contributed by atoms with Gasteiger partial charge in [-0.1, -0.05) is 72.3 Å². The molecule has 0 aliphatic heterocycles. The Bertz CT molecular complexity index is 1390. The number of allylic oxidation sites excluding steroid dienone is 1. The fourth-order valence-electron chi connectivity index (χ4n) is 5.19. The summed E-state index contributed by atoms with van der Waals surface area (Å²) < 4.78 is 0. The van der Waals surface area contributed by atoms with Crippen molar-refractivity contribution < 1.29 is 0 Å². The highest BCUT2D eigenvalue weighted by molar-refractivity contribution is 6.07. The van der Waals surface area contributed by atoms with Crippen LogP contribution in [0, 0.1) is 26.2 Å². The van der Waals surface area contributed by atoms with E-state index in [4.69, 9.17) is 5.41 Å². The Labute approximate surface area is 184 Å². The molecule has 4 aromatic carbocycles. The first-order valence-electron chi connectivity index (χ1n) is 10.9. The second kappa shape index (κ2) is 7.35. The van der Waals surface area contributed by atoms with E-state index in [1.54, 1.807) is 6.21 Å². The molecule has 1 unspecified atom stereocenters. The van der Waals surface area contributed by atoms with Gasteiger partial charge in [-0.3, -0.25) is 0 Å². The Balaban J connectivity index is 1.89. The lowest BCUT2D eigenvalue weighted by Gasteiger charge is -2.23. The molecule has 4 aromatic rings. The van der Waals surface area contributed by atoms with E-state index in [9.17, 15) is 0 Å². The van der Waals surface area contributed by atoms with Crippen LogP contribution in [0.5, 0.6) is 0 Å². The van der Waals surface area contributed by atoms with Crippen LogP contribution in [0.2, 0.25) is 0 Å². The summed E-state index contributed by atoms with van der Waals surface area (Å²) in [7, 11) is 0. The molecule has 31 heavy (non-hydrogen) atoms. The van der Waals surface area contributed by atoms with Gasteiger partial charge in [-0.15, -0.1) is 0 Å². The van der Waals surface area contributed by atoms with Crippen LogP contribution >= 0.6 is 0 Å². The lowest BCUT2D eigenvalue weighted by molar-refractivity contribution is 0.977. The predicted octanol–water partition coefficient (Wildman–Crippen LogP) is 7.98. The van der Waals surface area contributed by atoms with Crippen molar-refractivity contribution in [3.8, 4) is 11.1 Å². The van der Waals surface area contributed by atoms with E-state index in [0.717, 1.165) is 5.56 Å². The highest BCUT2D eigenvalue weighted by Crippen LogP contribution is 2.46. The van der Waals surface area contributed by atoms with Gasteiger partial charge in [0.2, 0.25) is 0 Å². The maximum atomic E-state index is 8.49. The summed E-state index contributed by atoms with van der Waals surface area (Å²) >= 11 is 0. The molecule has 0 radical (unpaired) electrons. The first-order valence-corrected chi connectivity index (χ1v) is 10.9. The van der Waals surface area contributed by atoms with Crippen molar-refractivity contribution in [1.29, 1.82) is 5.41 Å². The van der Waals surface area contributed by atoms with E-state index >= 15 is 0 Å². The lowest BCUT2D eigenvalue weighted by atomic mass is 9.80. The number of benzene rings is 4. The number of rotatable bonds is 3. The molecule has 5 rings (SSSR count). The monoisotopic (exact) mass is 401 g/mol. The quantitative estimate of drug-likeness (QED) is 0.336. The number of hydrogen-bond donors (Lipinski definition) is 1. The van der Waals surface area contributed by atoms with E-state index in [2.05, 4.69) is 101 Å². The average molecular weight is 402 g/mol. The van der Waals surface area contributed by atoms with Crippen LogP contribution < -0.4 is 0 Å². The summed E-state index contributed by atoms with van der Waals surface area (Å²) in [6.07, 6.45) is 3.86. The maximum Gasteiger partial charge on any atom is 0.0312 e. The molecule has 0 heterocycles. The van der Waals surface area contributed by atoms with E-state index in [0.29, 0.717) is 0 Å². The van der Waals surface area contributed by atoms with Crippen LogP contribution in [0.3, 0.4) is 0 Å². The van der Waals surface area contributed by atoms with E-state index < -0.39 is 0 Å². The van der Waals surface area contributed by atoms with Crippen molar-refractivity contribution in [2.75, 3.05) is 0 Å². The number of fused-ring (bicyclic) bond motifs is 2. The van der Waals surface area contributed by atoms with Crippen molar-refractivity contribution >= 4 is 23.1 Å². The van der Waals surface area contributed by atoms with E-state index in [1.807, 2.05) is 0 Å². The molecule has 152 valence electrons. The van der Waals surface area contributed by atoms with Crippen LogP contribution in [0.15, 0.2) is 72.3 Å². The summed E-state index contributed by atoms with van der Waals surface area (Å²) in [5.74, 6) is 0.183. The Morgan fingerprint density at radius 2 is 1.52 bits per heavy atom. The fourth-order valence-corrected chi connectivity index (χ4v) is 5.19. The summed E-state index contributed by atoms with van der Waals surface area (Å²) in [5, 5.41) is 10.9. The standard InChI is InChI=1S/C30H27N/c1-18-13-14-24(21(4)20(18)3)30-26-12-8-6-10-23(26)16-27(28(30)17-31)29-19(2)15-22-9-5-7-11-25(22)29/h5-17,29,31H,1-4H3. The minimum atomic E-state index is 0.183. The van der Waals surface area contributed by atoms with Crippen LogP contribution in [0.4, 0.5) is 0 Å². The Morgan fingerprint density at radius 1 is 0.774 bits per heavy atom. The van der Waals surface area contributed by atoms with Crippen molar-refractivity contribution in [2.24, 2.45) is 0 Å². The van der Waals surface area contributed by atoms with Gasteiger partial charge in [-0.05, 0) is 89.0 Å². The third-order valence-corrected chi connectivity index (χ3v) is 7.05. The average Bonchev–Trinajstić information content (AvgIpc) is 3.12. The normalized spacial score (nSPS) is 15.1. The fraction of sp³-hybridized carbons (Fsp3) is 0.167. The van der Waals surface area contributed by atoms with Crippen LogP contribution in [0.1, 0.15) is 51.8 Å². The molecule has 1 atom stereocenters. The third-order valence-electron chi connectivity index (χ3n) is 7.05. The third kappa shape index (κ3) is 2.96. The topological polar surface area (TPSA) is 23.9 Å². The zero-order valence-corrected chi connectivity index (χ0v) is 18.6. The van der Waals surface area contributed by atoms with Crippen molar-refractivity contribution in [3.05, 3.63) is 111 Å². The molecular weight excluding hydrogens is 374 g/mol. The Kier molecular flexibility index (Phi) is 4.63. The molecule has 1 heteroatoms. The molecule has 0 spiro atoms. The summed E-state index contributed by atoms with van der Waals surface area (Å²) in [5.41, 5.74) is 12.5. The molecular formula is C30H27N. The molecule has 0 saturated heterocycles. The molecule has 0 aromatic heterocycles. The van der Waals surface area contributed by atoms with Crippen LogP contribution in [-0.4, -0.2) is 6.21 Å². The maximum absolute atomic E-state index is 8.49. The minimum absolute atomic E-state index is 0.183. The van der Waals surface area contributed by atoms with Gasteiger partial charge in [0.05, 0.1) is 0 Å². The SMILES string of the molecule is CC1=Cc2ccccc2C1c1cc2ccccc2c(-c2ccc(C)c(C)c2C)c1C=N. The van der Waals surface area contributed by atoms with Gasteiger partial charge < -0.3 is 5.41 Å². The predicted molar refractivity (Wildman–Crippen MR) is 133 cm³/mol. The Morgan fingerprint density at radius 3 is 2.32 bits per heavy atom. The molecule has 1 aliphatic rings. The van der Waals surface area contributed by atoms with E-state index in [-0.39, 0.29) is 5.92 Å². The van der Waals surface area contributed by atoms with Crippen molar-refractivity contribution in [3.63, 3.8) is 0 Å². The zero-order valence-electron chi connectivity index (χ0n) is 18.6. The lowest BCUT2D eigenvalue weighted by Crippen LogP contribution is -2.07. The molecule has 0 amide bonds. The number of aryl methyl sites for hydroxylation is 1. The van der Waals surface area contributed by atoms with Crippen LogP contribution in [-0.2, 0) is 0 Å². The summed E-state index contributed by atoms with van der Waals surface area (Å²) in [4.78, 5) is 0. The largest absolute Gasteiger partial charge is 0.308 e. The van der Waals surface area contributed by atoms with E-state index in [1.165, 1.54) is 60.9 Å². The number of hydrogen-bond acceptors (Lipinski definition) is 1. The minimum Gasteiger partial charge on any atom is -0.308 e. The van der Waals surface area contributed by atoms with Gasteiger partial charge >= 0.3 is 0 Å². The van der Waals surface area contributed by atoms with Gasteiger partial charge in [0.15, 0.2) is 0 Å².